The van der Waals surface area contributed by atoms with Gasteiger partial charge in [-0.3, -0.25) is 4.79 Å². The molecule has 23 heavy (non-hydrogen) atoms. The van der Waals surface area contributed by atoms with E-state index in [0.717, 1.165) is 27.7 Å². The van der Waals surface area contributed by atoms with Gasteiger partial charge in [0, 0.05) is 10.2 Å². The third-order valence-electron chi connectivity index (χ3n) is 3.34. The number of aryl methyl sites for hydroxylation is 2. The fraction of sp³-hybridized carbons (Fsp3) is 0.222. The van der Waals surface area contributed by atoms with E-state index in [1.54, 1.807) is 12.1 Å². The first-order valence-electron chi connectivity index (χ1n) is 7.31. The molecule has 5 heteroatoms. The number of benzene rings is 2. The molecule has 2 rings (SSSR count). The average Bonchev–Trinajstić information content (AvgIpc) is 2.55. The lowest BCUT2D eigenvalue weighted by atomic mass is 10.1. The van der Waals surface area contributed by atoms with Crippen LogP contribution in [-0.2, 0) is 16.0 Å². The summed E-state index contributed by atoms with van der Waals surface area (Å²) in [7, 11) is 0. The second-order valence-electron chi connectivity index (χ2n) is 5.15. The molecule has 0 bridgehead atoms. The van der Waals surface area contributed by atoms with Crippen LogP contribution in [0.15, 0.2) is 46.9 Å². The Morgan fingerprint density at radius 3 is 2.48 bits per heavy atom. The van der Waals surface area contributed by atoms with Crippen LogP contribution in [0, 0.1) is 6.92 Å². The number of ether oxygens (including phenoxy) is 1. The van der Waals surface area contributed by atoms with E-state index in [0.29, 0.717) is 5.56 Å². The summed E-state index contributed by atoms with van der Waals surface area (Å²) < 4.78 is 6.00. The van der Waals surface area contributed by atoms with Gasteiger partial charge in [0.1, 0.15) is 0 Å². The minimum absolute atomic E-state index is 0.314. The van der Waals surface area contributed by atoms with E-state index in [1.165, 1.54) is 0 Å². The molecule has 2 aromatic carbocycles. The zero-order valence-corrected chi connectivity index (χ0v) is 14.6. The quantitative estimate of drug-likeness (QED) is 0.799. The van der Waals surface area contributed by atoms with Crippen molar-refractivity contribution in [2.45, 2.75) is 20.3 Å². The molecule has 0 saturated carbocycles. The molecule has 1 N–H and O–H groups in total. The van der Waals surface area contributed by atoms with Gasteiger partial charge in [-0.25, -0.2) is 4.79 Å². The Balaban J connectivity index is 1.92. The molecule has 4 nitrogen and oxygen atoms in total. The van der Waals surface area contributed by atoms with E-state index in [9.17, 15) is 9.59 Å². The molecule has 0 heterocycles. The molecule has 0 aliphatic rings. The van der Waals surface area contributed by atoms with Crippen LogP contribution in [0.25, 0.3) is 0 Å². The first kappa shape index (κ1) is 17.2. The number of hydrogen-bond donors (Lipinski definition) is 1. The van der Waals surface area contributed by atoms with Crippen LogP contribution in [0.1, 0.15) is 28.4 Å². The highest BCUT2D eigenvalue weighted by molar-refractivity contribution is 9.10. The van der Waals surface area contributed by atoms with Crippen molar-refractivity contribution < 1.29 is 14.3 Å². The van der Waals surface area contributed by atoms with Crippen molar-refractivity contribution in [3.63, 3.8) is 0 Å². The second kappa shape index (κ2) is 7.92. The van der Waals surface area contributed by atoms with Gasteiger partial charge in [-0.2, -0.15) is 0 Å². The molecule has 0 saturated heterocycles. The predicted molar refractivity (Wildman–Crippen MR) is 93.6 cm³/mol. The van der Waals surface area contributed by atoms with Crippen molar-refractivity contribution in [3.8, 4) is 0 Å². The number of anilines is 1. The summed E-state index contributed by atoms with van der Waals surface area (Å²) in [4.78, 5) is 23.8. The number of hydrogen-bond acceptors (Lipinski definition) is 3. The summed E-state index contributed by atoms with van der Waals surface area (Å²) >= 11 is 3.40. The van der Waals surface area contributed by atoms with Gasteiger partial charge < -0.3 is 10.1 Å². The molecule has 0 aromatic heterocycles. The third-order valence-corrected chi connectivity index (χ3v) is 3.84. The lowest BCUT2D eigenvalue weighted by molar-refractivity contribution is -0.119. The van der Waals surface area contributed by atoms with Gasteiger partial charge in [0.15, 0.2) is 6.61 Å². The van der Waals surface area contributed by atoms with Crippen LogP contribution in [0.5, 0.6) is 0 Å². The Bertz CT molecular complexity index is 711. The Hall–Kier alpha value is -2.14. The summed E-state index contributed by atoms with van der Waals surface area (Å²) in [5.74, 6) is -0.867. The Labute approximate surface area is 144 Å². The molecule has 0 spiro atoms. The van der Waals surface area contributed by atoms with Crippen LogP contribution in [0.2, 0.25) is 0 Å². The van der Waals surface area contributed by atoms with Crippen molar-refractivity contribution >= 4 is 33.5 Å². The van der Waals surface area contributed by atoms with Gasteiger partial charge in [-0.1, -0.05) is 40.5 Å². The summed E-state index contributed by atoms with van der Waals surface area (Å²) in [6, 6.07) is 12.6. The largest absolute Gasteiger partial charge is 0.452 e. The normalized spacial score (nSPS) is 10.2. The lowest BCUT2D eigenvalue weighted by Gasteiger charge is -2.11. The minimum Gasteiger partial charge on any atom is -0.452 e. The van der Waals surface area contributed by atoms with Gasteiger partial charge in [0.05, 0.1) is 5.56 Å². The summed E-state index contributed by atoms with van der Waals surface area (Å²) in [6.45, 7) is 3.63. The van der Waals surface area contributed by atoms with E-state index in [-0.39, 0.29) is 12.5 Å². The molecule has 0 atom stereocenters. The second-order valence-corrected chi connectivity index (χ2v) is 6.06. The Morgan fingerprint density at radius 2 is 1.83 bits per heavy atom. The van der Waals surface area contributed by atoms with Crippen molar-refractivity contribution in [3.05, 3.63) is 63.6 Å². The summed E-state index contributed by atoms with van der Waals surface area (Å²) in [6.07, 6.45) is 0.790. The fourth-order valence-corrected chi connectivity index (χ4v) is 2.48. The van der Waals surface area contributed by atoms with Gasteiger partial charge in [-0.15, -0.1) is 0 Å². The monoisotopic (exact) mass is 375 g/mol. The number of rotatable bonds is 5. The van der Waals surface area contributed by atoms with Crippen LogP contribution in [0.4, 0.5) is 5.69 Å². The highest BCUT2D eigenvalue weighted by Gasteiger charge is 2.11. The summed E-state index contributed by atoms with van der Waals surface area (Å²) in [5, 5.41) is 2.77. The molecule has 120 valence electrons. The third kappa shape index (κ3) is 4.93. The smallest absolute Gasteiger partial charge is 0.338 e. The van der Waals surface area contributed by atoms with Crippen molar-refractivity contribution in [1.82, 2.24) is 0 Å². The number of amides is 1. The molecule has 1 amide bonds. The maximum absolute atomic E-state index is 12.0. The molecule has 0 fully saturated rings. The maximum atomic E-state index is 12.0. The SMILES string of the molecule is CCc1cc(Br)ccc1NC(=O)COC(=O)c1ccc(C)cc1. The highest BCUT2D eigenvalue weighted by atomic mass is 79.9. The van der Waals surface area contributed by atoms with Crippen LogP contribution in [0.3, 0.4) is 0 Å². The fourth-order valence-electron chi connectivity index (χ4n) is 2.07. The predicted octanol–water partition coefficient (Wildman–Crippen LogP) is 4.12. The zero-order valence-electron chi connectivity index (χ0n) is 13.1. The zero-order chi connectivity index (χ0) is 16.8. The molecule has 2 aromatic rings. The molecule has 0 radical (unpaired) electrons. The Kier molecular flexibility index (Phi) is 5.93. The number of carbonyl (C=O) groups is 2. The first-order chi connectivity index (χ1) is 11.0. The van der Waals surface area contributed by atoms with E-state index in [2.05, 4.69) is 21.2 Å². The molecular weight excluding hydrogens is 358 g/mol. The number of carbonyl (C=O) groups excluding carboxylic acids is 2. The lowest BCUT2D eigenvalue weighted by Crippen LogP contribution is -2.21. The highest BCUT2D eigenvalue weighted by Crippen LogP contribution is 2.21. The number of esters is 1. The molecule has 0 unspecified atom stereocenters. The average molecular weight is 376 g/mol. The van der Waals surface area contributed by atoms with E-state index < -0.39 is 5.97 Å². The summed E-state index contributed by atoms with van der Waals surface area (Å²) in [5.41, 5.74) is 3.23. The van der Waals surface area contributed by atoms with E-state index in [4.69, 9.17) is 4.74 Å². The first-order valence-corrected chi connectivity index (χ1v) is 8.11. The van der Waals surface area contributed by atoms with Gasteiger partial charge in [-0.05, 0) is 49.2 Å². The van der Waals surface area contributed by atoms with E-state index in [1.807, 2.05) is 44.2 Å². The van der Waals surface area contributed by atoms with Gasteiger partial charge in [0.25, 0.3) is 5.91 Å². The topological polar surface area (TPSA) is 55.4 Å². The number of halogens is 1. The van der Waals surface area contributed by atoms with Crippen molar-refractivity contribution in [2.24, 2.45) is 0 Å². The minimum atomic E-state index is -0.508. The molecular formula is C18H18BrNO3. The van der Waals surface area contributed by atoms with Crippen molar-refractivity contribution in [1.29, 1.82) is 0 Å². The maximum Gasteiger partial charge on any atom is 0.338 e. The van der Waals surface area contributed by atoms with Crippen LogP contribution >= 0.6 is 15.9 Å². The van der Waals surface area contributed by atoms with Crippen molar-refractivity contribution in [2.75, 3.05) is 11.9 Å². The standard InChI is InChI=1S/C18H18BrNO3/c1-3-13-10-15(19)8-9-16(13)20-17(21)11-23-18(22)14-6-4-12(2)5-7-14/h4-10H,3,11H2,1-2H3,(H,20,21). The van der Waals surface area contributed by atoms with Crippen LogP contribution < -0.4 is 5.32 Å². The molecule has 0 aliphatic carbocycles. The van der Waals surface area contributed by atoms with Crippen LogP contribution in [-0.4, -0.2) is 18.5 Å². The van der Waals surface area contributed by atoms with Gasteiger partial charge in [0.2, 0.25) is 0 Å². The molecule has 0 aliphatic heterocycles. The van der Waals surface area contributed by atoms with Gasteiger partial charge >= 0.3 is 5.97 Å². The Morgan fingerprint density at radius 1 is 1.13 bits per heavy atom. The van der Waals surface area contributed by atoms with E-state index >= 15 is 0 Å². The number of nitrogens with one attached hydrogen (secondary N) is 1.